The molecule has 0 aromatic heterocycles. The molecule has 0 saturated carbocycles. The van der Waals surface area contributed by atoms with Crippen LogP contribution in [0.4, 0.5) is 0 Å². The molecule has 164 valence electrons. The minimum atomic E-state index is -2.28. The van der Waals surface area contributed by atoms with Crippen molar-refractivity contribution in [2.75, 3.05) is 19.8 Å². The number of esters is 2. The molecule has 0 N–H and O–H groups in total. The van der Waals surface area contributed by atoms with E-state index in [1.54, 1.807) is 0 Å². The van der Waals surface area contributed by atoms with Gasteiger partial charge in [-0.2, -0.15) is 0 Å². The molecule has 1 unspecified atom stereocenters. The summed E-state index contributed by atoms with van der Waals surface area (Å²) in [6.45, 7) is 20.4. The highest BCUT2D eigenvalue weighted by Gasteiger charge is 2.39. The third-order valence-corrected chi connectivity index (χ3v) is 12.8. The molecule has 0 fully saturated rings. The van der Waals surface area contributed by atoms with Gasteiger partial charge in [0.15, 0.2) is 22.7 Å². The van der Waals surface area contributed by atoms with Crippen LogP contribution in [-0.2, 0) is 32.0 Å². The fourth-order valence-electron chi connectivity index (χ4n) is 2.71. The van der Waals surface area contributed by atoms with Crippen molar-refractivity contribution in [2.45, 2.75) is 71.3 Å². The maximum atomic E-state index is 11.2. The van der Waals surface area contributed by atoms with Crippen LogP contribution in [0, 0.1) is 0 Å². The molecular formula is C18H38O7Si3. The smallest absolute Gasteiger partial charge is 0.330 e. The Hall–Kier alpha value is -0.789. The normalized spacial score (nSPS) is 13.7. The molecule has 0 aromatic carbocycles. The zero-order valence-corrected chi connectivity index (χ0v) is 21.8. The maximum Gasteiger partial charge on any atom is 0.330 e. The van der Waals surface area contributed by atoms with E-state index in [4.69, 9.17) is 22.4 Å². The van der Waals surface area contributed by atoms with E-state index in [2.05, 4.69) is 52.4 Å². The molecule has 0 saturated heterocycles. The van der Waals surface area contributed by atoms with Gasteiger partial charge in [-0.05, 0) is 58.3 Å². The van der Waals surface area contributed by atoms with E-state index in [0.717, 1.165) is 18.5 Å². The second-order valence-electron chi connectivity index (χ2n) is 8.81. The topological polar surface area (TPSA) is 80.3 Å². The van der Waals surface area contributed by atoms with Crippen molar-refractivity contribution < 1.29 is 32.0 Å². The number of carbonyl (C=O) groups excluding carboxylic acids is 2. The number of hydrogen-bond acceptors (Lipinski definition) is 7. The highest BCUT2D eigenvalue weighted by atomic mass is 28.5. The van der Waals surface area contributed by atoms with Gasteiger partial charge in [-0.15, -0.1) is 0 Å². The molecule has 28 heavy (non-hydrogen) atoms. The summed E-state index contributed by atoms with van der Waals surface area (Å²) in [7, 11) is -5.72. The Labute approximate surface area is 173 Å². The maximum absolute atomic E-state index is 11.2. The van der Waals surface area contributed by atoms with E-state index < -0.39 is 43.2 Å². The predicted molar refractivity (Wildman–Crippen MR) is 117 cm³/mol. The van der Waals surface area contributed by atoms with Crippen molar-refractivity contribution in [3.8, 4) is 0 Å². The first-order valence-electron chi connectivity index (χ1n) is 9.60. The molecule has 0 aliphatic carbocycles. The molecule has 0 rings (SSSR count). The summed E-state index contributed by atoms with van der Waals surface area (Å²) in [5, 5.41) is 0. The zero-order valence-electron chi connectivity index (χ0n) is 18.8. The molecule has 10 heteroatoms. The molecule has 1 atom stereocenters. The van der Waals surface area contributed by atoms with E-state index >= 15 is 0 Å². The van der Waals surface area contributed by atoms with Crippen LogP contribution >= 0.6 is 0 Å². The average Bonchev–Trinajstić information content (AvgIpc) is 2.47. The van der Waals surface area contributed by atoms with Crippen LogP contribution in [0.25, 0.3) is 0 Å². The minimum absolute atomic E-state index is 0.0611. The standard InChI is InChI=1S/C18H38O7Si3/c1-10-18(20)22-15-17(23-16(2)19)14-21-12-11-13-28(9,24-26(3,4)5)25-27(6,7)8/h10,17H,1,11-15H2,2-9H3. The number of carbonyl (C=O) groups is 2. The van der Waals surface area contributed by atoms with Crippen LogP contribution in [0.1, 0.15) is 13.3 Å². The third kappa shape index (κ3) is 15.2. The second kappa shape index (κ2) is 12.0. The molecule has 0 heterocycles. The van der Waals surface area contributed by atoms with Crippen molar-refractivity contribution >= 4 is 37.1 Å². The Morgan fingerprint density at radius 1 is 0.964 bits per heavy atom. The fourth-order valence-corrected chi connectivity index (χ4v) is 15.2. The van der Waals surface area contributed by atoms with Gasteiger partial charge in [-0.25, -0.2) is 4.79 Å². The molecule has 0 spiro atoms. The van der Waals surface area contributed by atoms with Crippen LogP contribution in [0.3, 0.4) is 0 Å². The number of ether oxygens (including phenoxy) is 3. The van der Waals surface area contributed by atoms with Crippen molar-refractivity contribution in [1.29, 1.82) is 0 Å². The molecule has 0 aliphatic rings. The monoisotopic (exact) mass is 450 g/mol. The van der Waals surface area contributed by atoms with Crippen molar-refractivity contribution in [3.63, 3.8) is 0 Å². The lowest BCUT2D eigenvalue weighted by Gasteiger charge is -2.38. The van der Waals surface area contributed by atoms with Crippen LogP contribution in [0.5, 0.6) is 0 Å². The van der Waals surface area contributed by atoms with Crippen LogP contribution in [-0.4, -0.2) is 63.1 Å². The molecule has 7 nitrogen and oxygen atoms in total. The van der Waals surface area contributed by atoms with E-state index in [1.807, 2.05) is 0 Å². The SMILES string of the molecule is C=CC(=O)OCC(COCCC[Si](C)(O[Si](C)(C)C)O[Si](C)(C)C)OC(C)=O. The van der Waals surface area contributed by atoms with E-state index in [9.17, 15) is 9.59 Å². The van der Waals surface area contributed by atoms with Crippen LogP contribution in [0.2, 0.25) is 51.9 Å². The summed E-state index contributed by atoms with van der Waals surface area (Å²) in [5.41, 5.74) is 0. The summed E-state index contributed by atoms with van der Waals surface area (Å²) < 4.78 is 28.6. The fraction of sp³-hybridized carbons (Fsp3) is 0.778. The number of rotatable bonds is 14. The highest BCUT2D eigenvalue weighted by molar-refractivity contribution is 6.87. The molecule has 0 amide bonds. The van der Waals surface area contributed by atoms with Crippen molar-refractivity contribution in [3.05, 3.63) is 12.7 Å². The van der Waals surface area contributed by atoms with Gasteiger partial charge in [0, 0.05) is 19.6 Å². The Morgan fingerprint density at radius 2 is 1.50 bits per heavy atom. The van der Waals surface area contributed by atoms with Gasteiger partial charge < -0.3 is 22.4 Å². The van der Waals surface area contributed by atoms with E-state index in [0.29, 0.717) is 6.61 Å². The van der Waals surface area contributed by atoms with Crippen molar-refractivity contribution in [2.24, 2.45) is 0 Å². The first kappa shape index (κ1) is 27.2. The first-order chi connectivity index (χ1) is 12.7. The first-order valence-corrected chi connectivity index (χ1v) is 18.9. The van der Waals surface area contributed by atoms with Gasteiger partial charge in [-0.3, -0.25) is 4.79 Å². The lowest BCUT2D eigenvalue weighted by atomic mass is 10.4. The summed E-state index contributed by atoms with van der Waals surface area (Å²) in [4.78, 5) is 22.4. The average molecular weight is 451 g/mol. The molecule has 0 aromatic rings. The van der Waals surface area contributed by atoms with E-state index in [1.165, 1.54) is 6.92 Å². The quantitative estimate of drug-likeness (QED) is 0.172. The highest BCUT2D eigenvalue weighted by Crippen LogP contribution is 2.25. The predicted octanol–water partition coefficient (Wildman–Crippen LogP) is 3.83. The third-order valence-electron chi connectivity index (χ3n) is 3.18. The van der Waals surface area contributed by atoms with Gasteiger partial charge >= 0.3 is 20.5 Å². The largest absolute Gasteiger partial charge is 0.458 e. The molecule has 0 bridgehead atoms. The minimum Gasteiger partial charge on any atom is -0.458 e. The van der Waals surface area contributed by atoms with Gasteiger partial charge in [0.25, 0.3) is 0 Å². The summed E-state index contributed by atoms with van der Waals surface area (Å²) in [5.74, 6) is -1.01. The van der Waals surface area contributed by atoms with Crippen LogP contribution in [0.15, 0.2) is 12.7 Å². The molecule has 0 radical (unpaired) electrons. The number of hydrogen-bond donors (Lipinski definition) is 0. The van der Waals surface area contributed by atoms with Crippen LogP contribution < -0.4 is 0 Å². The van der Waals surface area contributed by atoms with Gasteiger partial charge in [0.05, 0.1) is 6.61 Å². The lowest BCUT2D eigenvalue weighted by Crippen LogP contribution is -2.52. The summed E-state index contributed by atoms with van der Waals surface area (Å²) in [6.07, 6.45) is 1.21. The Bertz CT molecular complexity index is 496. The lowest BCUT2D eigenvalue weighted by molar-refractivity contribution is -0.158. The van der Waals surface area contributed by atoms with Gasteiger partial charge in [0.1, 0.15) is 6.61 Å². The van der Waals surface area contributed by atoms with Gasteiger partial charge in [-0.1, -0.05) is 6.58 Å². The van der Waals surface area contributed by atoms with Gasteiger partial charge in [0.2, 0.25) is 0 Å². The summed E-state index contributed by atoms with van der Waals surface area (Å²) >= 11 is 0. The van der Waals surface area contributed by atoms with Crippen molar-refractivity contribution in [1.82, 2.24) is 0 Å². The zero-order chi connectivity index (χ0) is 22.0. The Balaban J connectivity index is 4.55. The molecule has 0 aliphatic heterocycles. The Kier molecular flexibility index (Phi) is 11.7. The molecular weight excluding hydrogens is 412 g/mol. The van der Waals surface area contributed by atoms with E-state index in [-0.39, 0.29) is 13.2 Å². The second-order valence-corrected chi connectivity index (χ2v) is 21.7. The Morgan fingerprint density at radius 3 is 1.93 bits per heavy atom. The summed E-state index contributed by atoms with van der Waals surface area (Å²) in [6, 6.07) is 0.839.